The van der Waals surface area contributed by atoms with Gasteiger partial charge in [-0.15, -0.1) is 11.8 Å². The first-order chi connectivity index (χ1) is 11.2. The number of amides is 3. The number of aryl methyl sites for hydroxylation is 1. The molecule has 0 aliphatic carbocycles. The van der Waals surface area contributed by atoms with Crippen LogP contribution in [0.4, 0.5) is 5.13 Å². The van der Waals surface area contributed by atoms with Crippen molar-refractivity contribution in [3.63, 3.8) is 0 Å². The Morgan fingerprint density at radius 1 is 1.33 bits per heavy atom. The highest BCUT2D eigenvalue weighted by Gasteiger charge is 2.23. The van der Waals surface area contributed by atoms with E-state index in [-0.39, 0.29) is 30.0 Å². The molecule has 1 heterocycles. The summed E-state index contributed by atoms with van der Waals surface area (Å²) >= 11 is 2.55. The van der Waals surface area contributed by atoms with E-state index in [0.717, 1.165) is 4.21 Å². The molecule has 0 aliphatic rings. The second-order valence-corrected chi connectivity index (χ2v) is 7.83. The second-order valence-electron chi connectivity index (χ2n) is 5.59. The lowest BCUT2D eigenvalue weighted by atomic mass is 10.0. The van der Waals surface area contributed by atoms with Gasteiger partial charge in [0.05, 0.1) is 22.2 Å². The van der Waals surface area contributed by atoms with Crippen LogP contribution in [0, 0.1) is 12.8 Å². The summed E-state index contributed by atoms with van der Waals surface area (Å²) in [5, 5.41) is 5.74. The molecule has 0 aliphatic heterocycles. The monoisotopic (exact) mass is 373 g/mol. The lowest BCUT2D eigenvalue weighted by Crippen LogP contribution is -2.46. The van der Waals surface area contributed by atoms with Crippen LogP contribution in [0.15, 0.2) is 4.21 Å². The highest BCUT2D eigenvalue weighted by Crippen LogP contribution is 2.31. The van der Waals surface area contributed by atoms with Crippen molar-refractivity contribution in [2.75, 3.05) is 17.6 Å². The molecule has 1 atom stereocenters. The first-order valence-corrected chi connectivity index (χ1v) is 9.22. The number of anilines is 1. The molecule has 10 heteroatoms. The van der Waals surface area contributed by atoms with Gasteiger partial charge in [0.25, 0.3) is 0 Å². The van der Waals surface area contributed by atoms with E-state index < -0.39 is 11.9 Å². The lowest BCUT2D eigenvalue weighted by molar-refractivity contribution is -0.125. The Bertz CT molecular complexity index is 603. The number of nitrogens with two attached hydrogens (primary N) is 2. The van der Waals surface area contributed by atoms with Crippen LogP contribution in [0.1, 0.15) is 26.0 Å². The average molecular weight is 374 g/mol. The highest BCUT2D eigenvalue weighted by molar-refractivity contribution is 8.01. The summed E-state index contributed by atoms with van der Waals surface area (Å²) < 4.78 is 0.815. The van der Waals surface area contributed by atoms with E-state index in [2.05, 4.69) is 15.6 Å². The molecule has 134 valence electrons. The molecule has 24 heavy (non-hydrogen) atoms. The zero-order chi connectivity index (χ0) is 18.3. The Kier molecular flexibility index (Phi) is 8.16. The quantitative estimate of drug-likeness (QED) is 0.464. The van der Waals surface area contributed by atoms with E-state index in [1.165, 1.54) is 23.1 Å². The van der Waals surface area contributed by atoms with Crippen LogP contribution in [0.25, 0.3) is 0 Å². The van der Waals surface area contributed by atoms with Crippen molar-refractivity contribution in [1.29, 1.82) is 0 Å². The first-order valence-electron chi connectivity index (χ1n) is 7.41. The van der Waals surface area contributed by atoms with Gasteiger partial charge in [-0.05, 0) is 19.3 Å². The largest absolute Gasteiger partial charge is 0.369 e. The van der Waals surface area contributed by atoms with Gasteiger partial charge >= 0.3 is 0 Å². The van der Waals surface area contributed by atoms with E-state index in [0.29, 0.717) is 17.2 Å². The Morgan fingerprint density at radius 3 is 2.54 bits per heavy atom. The molecule has 1 aromatic rings. The van der Waals surface area contributed by atoms with Crippen LogP contribution in [-0.4, -0.2) is 41.0 Å². The number of thioether (sulfide) groups is 1. The van der Waals surface area contributed by atoms with Gasteiger partial charge in [-0.3, -0.25) is 14.4 Å². The molecular formula is C14H23N5O3S2. The minimum absolute atomic E-state index is 0.152. The molecule has 0 bridgehead atoms. The first kappa shape index (κ1) is 20.4. The Morgan fingerprint density at radius 2 is 2.00 bits per heavy atom. The third-order valence-electron chi connectivity index (χ3n) is 2.87. The fourth-order valence-corrected chi connectivity index (χ4v) is 3.74. The molecule has 3 amide bonds. The van der Waals surface area contributed by atoms with Gasteiger partial charge in [-0.1, -0.05) is 25.2 Å². The number of hydrogen-bond donors (Lipinski definition) is 4. The number of nitrogens with one attached hydrogen (secondary N) is 2. The fraction of sp³-hybridized carbons (Fsp3) is 0.571. The fourth-order valence-electron chi connectivity index (χ4n) is 1.86. The third-order valence-corrected chi connectivity index (χ3v) is 5.33. The van der Waals surface area contributed by atoms with Crippen molar-refractivity contribution in [2.24, 2.45) is 17.4 Å². The normalized spacial score (nSPS) is 12.0. The number of hydrogen-bond acceptors (Lipinski definition) is 7. The molecular weight excluding hydrogens is 350 g/mol. The SMILES string of the molecule is Cc1nc(NC(=O)[C@H](CC(C)C)NC(=O)CN)sc1SCC(N)=O. The van der Waals surface area contributed by atoms with Gasteiger partial charge in [0, 0.05) is 0 Å². The number of nitrogens with zero attached hydrogens (tertiary/aromatic N) is 1. The number of thiazole rings is 1. The highest BCUT2D eigenvalue weighted by atomic mass is 32.2. The van der Waals surface area contributed by atoms with Crippen LogP contribution in [0.5, 0.6) is 0 Å². The van der Waals surface area contributed by atoms with E-state index in [9.17, 15) is 14.4 Å². The van der Waals surface area contributed by atoms with Gasteiger partial charge < -0.3 is 22.1 Å². The van der Waals surface area contributed by atoms with Crippen molar-refractivity contribution < 1.29 is 14.4 Å². The lowest BCUT2D eigenvalue weighted by Gasteiger charge is -2.19. The molecule has 0 unspecified atom stereocenters. The summed E-state index contributed by atoms with van der Waals surface area (Å²) in [6.07, 6.45) is 0.491. The summed E-state index contributed by atoms with van der Waals surface area (Å²) in [6, 6.07) is -0.674. The summed E-state index contributed by atoms with van der Waals surface area (Å²) in [5.74, 6) is -0.771. The van der Waals surface area contributed by atoms with E-state index in [1.807, 2.05) is 13.8 Å². The maximum Gasteiger partial charge on any atom is 0.248 e. The number of rotatable bonds is 9. The standard InChI is InChI=1S/C14H23N5O3S2/c1-7(2)4-9(18-11(21)5-15)12(22)19-14-17-8(3)13(24-14)23-6-10(16)20/h7,9H,4-6,15H2,1-3H3,(H2,16,20)(H,18,21)(H,17,19,22)/t9-/m0/s1. The number of aromatic nitrogens is 1. The molecule has 0 saturated heterocycles. The van der Waals surface area contributed by atoms with Crippen molar-refractivity contribution >= 4 is 46.0 Å². The molecule has 1 aromatic heterocycles. The summed E-state index contributed by atoms with van der Waals surface area (Å²) in [5.41, 5.74) is 11.1. The summed E-state index contributed by atoms with van der Waals surface area (Å²) in [7, 11) is 0. The van der Waals surface area contributed by atoms with E-state index in [4.69, 9.17) is 11.5 Å². The van der Waals surface area contributed by atoms with E-state index >= 15 is 0 Å². The molecule has 0 radical (unpaired) electrons. The predicted molar refractivity (Wildman–Crippen MR) is 95.8 cm³/mol. The minimum Gasteiger partial charge on any atom is -0.369 e. The average Bonchev–Trinajstić information content (AvgIpc) is 2.83. The smallest absolute Gasteiger partial charge is 0.248 e. The van der Waals surface area contributed by atoms with Crippen LogP contribution < -0.4 is 22.1 Å². The van der Waals surface area contributed by atoms with Gasteiger partial charge in [-0.25, -0.2) is 4.98 Å². The maximum atomic E-state index is 12.4. The molecule has 0 spiro atoms. The van der Waals surface area contributed by atoms with Crippen LogP contribution in [-0.2, 0) is 14.4 Å². The molecule has 6 N–H and O–H groups in total. The van der Waals surface area contributed by atoms with Gasteiger partial charge in [0.15, 0.2) is 5.13 Å². The van der Waals surface area contributed by atoms with Gasteiger partial charge in [0.2, 0.25) is 17.7 Å². The van der Waals surface area contributed by atoms with Gasteiger partial charge in [0.1, 0.15) is 6.04 Å². The Hall–Kier alpha value is -1.65. The van der Waals surface area contributed by atoms with Gasteiger partial charge in [-0.2, -0.15) is 0 Å². The summed E-state index contributed by atoms with van der Waals surface area (Å²) in [6.45, 7) is 5.53. The summed E-state index contributed by atoms with van der Waals surface area (Å²) in [4.78, 5) is 39.0. The van der Waals surface area contributed by atoms with Crippen LogP contribution in [0.3, 0.4) is 0 Å². The van der Waals surface area contributed by atoms with Crippen molar-refractivity contribution in [2.45, 2.75) is 37.4 Å². The van der Waals surface area contributed by atoms with Crippen molar-refractivity contribution in [3.05, 3.63) is 5.69 Å². The van der Waals surface area contributed by atoms with Crippen molar-refractivity contribution in [3.8, 4) is 0 Å². The predicted octanol–water partition coefficient (Wildman–Crippen LogP) is 0.457. The zero-order valence-electron chi connectivity index (χ0n) is 13.9. The van der Waals surface area contributed by atoms with Crippen LogP contribution >= 0.6 is 23.1 Å². The molecule has 0 saturated carbocycles. The zero-order valence-corrected chi connectivity index (χ0v) is 15.6. The number of carbonyl (C=O) groups excluding carboxylic acids is 3. The van der Waals surface area contributed by atoms with Crippen LogP contribution in [0.2, 0.25) is 0 Å². The number of carbonyl (C=O) groups is 3. The Balaban J connectivity index is 2.77. The third kappa shape index (κ3) is 6.85. The van der Waals surface area contributed by atoms with Crippen molar-refractivity contribution in [1.82, 2.24) is 10.3 Å². The maximum absolute atomic E-state index is 12.4. The molecule has 0 aromatic carbocycles. The number of primary amides is 1. The minimum atomic E-state index is -0.674. The molecule has 8 nitrogen and oxygen atoms in total. The topological polar surface area (TPSA) is 140 Å². The second kappa shape index (κ2) is 9.60. The Labute approximate surface area is 149 Å². The van der Waals surface area contributed by atoms with E-state index in [1.54, 1.807) is 6.92 Å². The molecule has 1 rings (SSSR count). The molecule has 0 fully saturated rings.